The third-order valence-electron chi connectivity index (χ3n) is 2.30. The fraction of sp³-hybridized carbons (Fsp3) is 0.667. The molecule has 1 aromatic rings. The van der Waals surface area contributed by atoms with Crippen molar-refractivity contribution in [1.29, 1.82) is 0 Å². The SMILES string of the molecule is c1csc(NSC2CCCCC2)n1. The van der Waals surface area contributed by atoms with E-state index < -0.39 is 0 Å². The van der Waals surface area contributed by atoms with E-state index in [4.69, 9.17) is 0 Å². The van der Waals surface area contributed by atoms with Crippen molar-refractivity contribution < 1.29 is 0 Å². The second-order valence-corrected chi connectivity index (χ2v) is 5.32. The lowest BCUT2D eigenvalue weighted by molar-refractivity contribution is 0.516. The van der Waals surface area contributed by atoms with Gasteiger partial charge in [0.2, 0.25) is 0 Å². The Hall–Kier alpha value is -0.220. The van der Waals surface area contributed by atoms with Gasteiger partial charge in [-0.25, -0.2) is 4.98 Å². The molecular formula is C9H14N2S2. The smallest absolute Gasteiger partial charge is 0.192 e. The van der Waals surface area contributed by atoms with Crippen molar-refractivity contribution in [3.8, 4) is 0 Å². The lowest BCUT2D eigenvalue weighted by Crippen LogP contribution is -2.10. The summed E-state index contributed by atoms with van der Waals surface area (Å²) in [7, 11) is 0. The Morgan fingerprint density at radius 2 is 2.23 bits per heavy atom. The summed E-state index contributed by atoms with van der Waals surface area (Å²) < 4.78 is 3.32. The van der Waals surface area contributed by atoms with Crippen LogP contribution in [0.2, 0.25) is 0 Å². The topological polar surface area (TPSA) is 24.9 Å². The van der Waals surface area contributed by atoms with Gasteiger partial charge in [0.05, 0.1) is 0 Å². The maximum atomic E-state index is 4.19. The molecule has 2 nitrogen and oxygen atoms in total. The van der Waals surface area contributed by atoms with E-state index in [0.29, 0.717) is 0 Å². The average Bonchev–Trinajstić information content (AvgIpc) is 2.69. The highest BCUT2D eigenvalue weighted by Crippen LogP contribution is 2.29. The summed E-state index contributed by atoms with van der Waals surface area (Å²) in [4.78, 5) is 4.19. The number of hydrogen-bond acceptors (Lipinski definition) is 4. The zero-order valence-corrected chi connectivity index (χ0v) is 9.16. The first-order valence-electron chi connectivity index (χ1n) is 4.76. The maximum Gasteiger partial charge on any atom is 0.192 e. The molecule has 2 rings (SSSR count). The standard InChI is InChI=1S/C9H14N2S2/c1-2-4-8(5-3-1)13-11-9-10-6-7-12-9/h6-8H,1-5H2,(H,10,11). The van der Waals surface area contributed by atoms with Crippen LogP contribution in [0.25, 0.3) is 0 Å². The van der Waals surface area contributed by atoms with Gasteiger partial charge in [0.25, 0.3) is 0 Å². The third-order valence-corrected chi connectivity index (χ3v) is 4.23. The lowest BCUT2D eigenvalue weighted by Gasteiger charge is -2.20. The predicted molar refractivity (Wildman–Crippen MR) is 60.2 cm³/mol. The van der Waals surface area contributed by atoms with Crippen LogP contribution in [0.4, 0.5) is 5.13 Å². The molecule has 4 heteroatoms. The second-order valence-electron chi connectivity index (χ2n) is 3.32. The van der Waals surface area contributed by atoms with Gasteiger partial charge in [-0.1, -0.05) is 19.3 Å². The number of anilines is 1. The van der Waals surface area contributed by atoms with Crippen molar-refractivity contribution in [3.05, 3.63) is 11.6 Å². The first-order valence-corrected chi connectivity index (χ1v) is 6.52. The van der Waals surface area contributed by atoms with Crippen LogP contribution in [-0.2, 0) is 0 Å². The highest BCUT2D eigenvalue weighted by Gasteiger charge is 2.13. The molecule has 1 heterocycles. The zero-order chi connectivity index (χ0) is 8.93. The Labute approximate surface area is 87.3 Å². The van der Waals surface area contributed by atoms with Crippen molar-refractivity contribution in [3.63, 3.8) is 0 Å². The predicted octanol–water partition coefficient (Wildman–Crippen LogP) is 3.54. The van der Waals surface area contributed by atoms with Gasteiger partial charge in [0.1, 0.15) is 0 Å². The normalized spacial score (nSPS) is 18.8. The minimum absolute atomic E-state index is 0.803. The van der Waals surface area contributed by atoms with E-state index in [1.807, 2.05) is 23.5 Å². The molecule has 13 heavy (non-hydrogen) atoms. The van der Waals surface area contributed by atoms with E-state index in [1.54, 1.807) is 11.3 Å². The van der Waals surface area contributed by atoms with E-state index in [0.717, 1.165) is 10.4 Å². The summed E-state index contributed by atoms with van der Waals surface area (Å²) in [5, 5.41) is 3.84. The first-order chi connectivity index (χ1) is 6.45. The number of rotatable bonds is 3. The minimum atomic E-state index is 0.803. The van der Waals surface area contributed by atoms with Crippen molar-refractivity contribution in [1.82, 2.24) is 4.98 Å². The average molecular weight is 214 g/mol. The molecule has 1 aromatic heterocycles. The first kappa shape index (κ1) is 9.34. The van der Waals surface area contributed by atoms with Crippen molar-refractivity contribution >= 4 is 28.4 Å². The molecule has 0 aromatic carbocycles. The van der Waals surface area contributed by atoms with Gasteiger partial charge in [-0.15, -0.1) is 11.3 Å². The van der Waals surface area contributed by atoms with Crippen LogP contribution in [0, 0.1) is 0 Å². The van der Waals surface area contributed by atoms with E-state index in [-0.39, 0.29) is 0 Å². The summed E-state index contributed by atoms with van der Waals surface area (Å²) in [5.41, 5.74) is 0. The molecule has 0 radical (unpaired) electrons. The highest BCUT2D eigenvalue weighted by molar-refractivity contribution is 8.01. The molecule has 1 aliphatic carbocycles. The molecule has 0 amide bonds. The molecule has 1 N–H and O–H groups in total. The van der Waals surface area contributed by atoms with Crippen LogP contribution in [-0.4, -0.2) is 10.2 Å². The van der Waals surface area contributed by atoms with Gasteiger partial charge in [0, 0.05) is 16.8 Å². The molecule has 72 valence electrons. The molecule has 1 aliphatic rings. The number of aromatic nitrogens is 1. The molecule has 0 aliphatic heterocycles. The van der Waals surface area contributed by atoms with E-state index in [1.165, 1.54) is 32.1 Å². The lowest BCUT2D eigenvalue weighted by atomic mass is 10.0. The molecular weight excluding hydrogens is 200 g/mol. The quantitative estimate of drug-likeness (QED) is 0.779. The molecule has 0 unspecified atom stereocenters. The van der Waals surface area contributed by atoms with Crippen LogP contribution in [0.1, 0.15) is 32.1 Å². The summed E-state index contributed by atoms with van der Waals surface area (Å²) in [6.45, 7) is 0. The summed E-state index contributed by atoms with van der Waals surface area (Å²) >= 11 is 3.52. The highest BCUT2D eigenvalue weighted by atomic mass is 32.2. The molecule has 0 bridgehead atoms. The number of thiazole rings is 1. The van der Waals surface area contributed by atoms with Crippen LogP contribution < -0.4 is 4.72 Å². The number of nitrogens with one attached hydrogen (secondary N) is 1. The van der Waals surface area contributed by atoms with Crippen molar-refractivity contribution in [2.24, 2.45) is 0 Å². The van der Waals surface area contributed by atoms with E-state index >= 15 is 0 Å². The summed E-state index contributed by atoms with van der Waals surface area (Å²) in [6.07, 6.45) is 8.79. The monoisotopic (exact) mass is 214 g/mol. The Bertz CT molecular complexity index is 230. The summed E-state index contributed by atoms with van der Waals surface area (Å²) in [5.74, 6) is 0. The largest absolute Gasteiger partial charge is 0.305 e. The molecule has 0 atom stereocenters. The van der Waals surface area contributed by atoms with Crippen LogP contribution >= 0.6 is 23.3 Å². The van der Waals surface area contributed by atoms with Gasteiger partial charge in [-0.3, -0.25) is 0 Å². The Morgan fingerprint density at radius 3 is 2.92 bits per heavy atom. The Balaban J connectivity index is 1.72. The number of hydrogen-bond donors (Lipinski definition) is 1. The van der Waals surface area contributed by atoms with Gasteiger partial charge in [-0.05, 0) is 24.8 Å². The van der Waals surface area contributed by atoms with Gasteiger partial charge in [-0.2, -0.15) is 0 Å². The summed E-state index contributed by atoms with van der Waals surface area (Å²) in [6, 6.07) is 0. The van der Waals surface area contributed by atoms with Gasteiger partial charge < -0.3 is 4.72 Å². The van der Waals surface area contributed by atoms with Gasteiger partial charge in [0.15, 0.2) is 5.13 Å². The molecule has 0 saturated heterocycles. The Kier molecular flexibility index (Phi) is 3.49. The van der Waals surface area contributed by atoms with Crippen molar-refractivity contribution in [2.75, 3.05) is 4.72 Å². The Morgan fingerprint density at radius 1 is 1.38 bits per heavy atom. The molecule has 1 fully saturated rings. The minimum Gasteiger partial charge on any atom is -0.305 e. The van der Waals surface area contributed by atoms with Crippen molar-refractivity contribution in [2.45, 2.75) is 37.4 Å². The van der Waals surface area contributed by atoms with Crippen LogP contribution in [0.15, 0.2) is 11.6 Å². The third kappa shape index (κ3) is 2.88. The second kappa shape index (κ2) is 4.86. The maximum absolute atomic E-state index is 4.19. The van der Waals surface area contributed by atoms with Gasteiger partial charge >= 0.3 is 0 Å². The van der Waals surface area contributed by atoms with Crippen LogP contribution in [0.5, 0.6) is 0 Å². The van der Waals surface area contributed by atoms with E-state index in [9.17, 15) is 0 Å². The molecule has 0 spiro atoms. The zero-order valence-electron chi connectivity index (χ0n) is 7.53. The van der Waals surface area contributed by atoms with E-state index in [2.05, 4.69) is 9.71 Å². The molecule has 1 saturated carbocycles. The van der Waals surface area contributed by atoms with Crippen LogP contribution in [0.3, 0.4) is 0 Å². The fourth-order valence-corrected chi connectivity index (χ4v) is 3.19. The fourth-order valence-electron chi connectivity index (χ4n) is 1.59. The number of nitrogens with zero attached hydrogens (tertiary/aromatic N) is 1.